The Balaban J connectivity index is 1.87. The van der Waals surface area contributed by atoms with E-state index in [2.05, 4.69) is 26.8 Å². The van der Waals surface area contributed by atoms with Gasteiger partial charge in [-0.3, -0.25) is 9.78 Å². The lowest BCUT2D eigenvalue weighted by Gasteiger charge is -2.19. The lowest BCUT2D eigenvalue weighted by molar-refractivity contribution is -0.124. The van der Waals surface area contributed by atoms with Crippen LogP contribution in [0.15, 0.2) is 48.7 Å². The highest BCUT2D eigenvalue weighted by Crippen LogP contribution is 2.24. The third kappa shape index (κ3) is 3.15. The van der Waals surface area contributed by atoms with E-state index in [1.807, 2.05) is 49.4 Å². The first kappa shape index (κ1) is 16.2. The average Bonchev–Trinajstić information content (AvgIpc) is 3.00. The van der Waals surface area contributed by atoms with Crippen molar-refractivity contribution in [2.75, 3.05) is 0 Å². The van der Waals surface area contributed by atoms with E-state index in [1.54, 1.807) is 6.20 Å². The second kappa shape index (κ2) is 7.25. The largest absolute Gasteiger partial charge is 0.349 e. The third-order valence-corrected chi connectivity index (χ3v) is 4.16. The molecule has 1 atom stereocenters. The second-order valence-corrected chi connectivity index (χ2v) is 5.70. The Morgan fingerprint density at radius 1 is 1.17 bits per heavy atom. The summed E-state index contributed by atoms with van der Waals surface area (Å²) >= 11 is 0. The molecule has 0 aliphatic heterocycles. The lowest BCUT2D eigenvalue weighted by atomic mass is 10.1. The molecule has 0 bridgehead atoms. The summed E-state index contributed by atoms with van der Waals surface area (Å²) in [5.74, 6) is 0.942. The predicted octanol–water partition coefficient (Wildman–Crippen LogP) is 3.26. The maximum atomic E-state index is 12.8. The second-order valence-electron chi connectivity index (χ2n) is 5.70. The summed E-state index contributed by atoms with van der Waals surface area (Å²) in [6.45, 7) is 4.53. The number of para-hydroxylation sites is 2. The van der Waals surface area contributed by atoms with Crippen molar-refractivity contribution in [3.05, 3.63) is 60.2 Å². The molecule has 5 nitrogen and oxygen atoms in total. The number of nitrogens with one attached hydrogen (secondary N) is 1. The Morgan fingerprint density at radius 2 is 1.96 bits per heavy atom. The van der Waals surface area contributed by atoms with E-state index >= 15 is 0 Å². The van der Waals surface area contributed by atoms with Gasteiger partial charge < -0.3 is 9.88 Å². The Labute approximate surface area is 141 Å². The highest BCUT2D eigenvalue weighted by molar-refractivity contribution is 5.84. The standard InChI is InChI=1S/C19H22N4O/c1-3-16(19(24)21-13-14-9-7-8-12-20-14)23-17-11-6-5-10-15(17)22-18(23)4-2/h5-12,16H,3-4,13H2,1-2H3,(H,21,24)/t16-/m1/s1. The monoisotopic (exact) mass is 322 g/mol. The zero-order valence-corrected chi connectivity index (χ0v) is 14.1. The number of fused-ring (bicyclic) bond motifs is 1. The SMILES string of the molecule is CCc1nc2ccccc2n1[C@H](CC)C(=O)NCc1ccccn1. The van der Waals surface area contributed by atoms with Crippen molar-refractivity contribution in [1.29, 1.82) is 0 Å². The molecule has 2 heterocycles. The first-order valence-electron chi connectivity index (χ1n) is 8.38. The van der Waals surface area contributed by atoms with Gasteiger partial charge in [0, 0.05) is 12.6 Å². The molecule has 0 saturated carbocycles. The number of pyridine rings is 1. The van der Waals surface area contributed by atoms with Gasteiger partial charge in [-0.2, -0.15) is 0 Å². The fourth-order valence-electron chi connectivity index (χ4n) is 2.97. The van der Waals surface area contributed by atoms with Crippen LogP contribution in [0, 0.1) is 0 Å². The zero-order valence-electron chi connectivity index (χ0n) is 14.1. The number of hydrogen-bond acceptors (Lipinski definition) is 3. The molecule has 0 aliphatic carbocycles. The van der Waals surface area contributed by atoms with Crippen LogP contribution in [0.5, 0.6) is 0 Å². The minimum atomic E-state index is -0.268. The molecule has 124 valence electrons. The third-order valence-electron chi connectivity index (χ3n) is 4.16. The van der Waals surface area contributed by atoms with E-state index < -0.39 is 0 Å². The Hall–Kier alpha value is -2.69. The molecule has 0 radical (unpaired) electrons. The molecule has 0 aliphatic rings. The maximum Gasteiger partial charge on any atom is 0.243 e. The summed E-state index contributed by atoms with van der Waals surface area (Å²) in [4.78, 5) is 21.7. The van der Waals surface area contributed by atoms with Gasteiger partial charge in [-0.25, -0.2) is 4.98 Å². The number of amides is 1. The van der Waals surface area contributed by atoms with Gasteiger partial charge in [0.25, 0.3) is 0 Å². The molecule has 24 heavy (non-hydrogen) atoms. The first-order chi connectivity index (χ1) is 11.7. The van der Waals surface area contributed by atoms with Crippen molar-refractivity contribution in [2.45, 2.75) is 39.3 Å². The van der Waals surface area contributed by atoms with E-state index in [1.165, 1.54) is 0 Å². The van der Waals surface area contributed by atoms with Crippen LogP contribution in [0.25, 0.3) is 11.0 Å². The molecule has 1 aromatic carbocycles. The number of carbonyl (C=O) groups excluding carboxylic acids is 1. The van der Waals surface area contributed by atoms with E-state index in [0.717, 1.165) is 29.0 Å². The highest BCUT2D eigenvalue weighted by atomic mass is 16.2. The number of nitrogens with zero attached hydrogens (tertiary/aromatic N) is 3. The topological polar surface area (TPSA) is 59.8 Å². The molecule has 3 aromatic rings. The van der Waals surface area contributed by atoms with Gasteiger partial charge in [-0.15, -0.1) is 0 Å². The Bertz CT molecular complexity index is 826. The number of rotatable bonds is 6. The number of benzene rings is 1. The normalized spacial score (nSPS) is 12.2. The molecule has 0 spiro atoms. The van der Waals surface area contributed by atoms with Gasteiger partial charge in [-0.1, -0.05) is 32.0 Å². The highest BCUT2D eigenvalue weighted by Gasteiger charge is 2.23. The van der Waals surface area contributed by atoms with Gasteiger partial charge in [0.1, 0.15) is 11.9 Å². The number of aryl methyl sites for hydroxylation is 1. The van der Waals surface area contributed by atoms with E-state index in [9.17, 15) is 4.79 Å². The van der Waals surface area contributed by atoms with Crippen LogP contribution < -0.4 is 5.32 Å². The first-order valence-corrected chi connectivity index (χ1v) is 8.38. The van der Waals surface area contributed by atoms with Gasteiger partial charge >= 0.3 is 0 Å². The van der Waals surface area contributed by atoms with Crippen LogP contribution in [0.3, 0.4) is 0 Å². The molecular weight excluding hydrogens is 300 g/mol. The maximum absolute atomic E-state index is 12.8. The van der Waals surface area contributed by atoms with E-state index in [0.29, 0.717) is 13.0 Å². The van der Waals surface area contributed by atoms with Crippen LogP contribution in [0.2, 0.25) is 0 Å². The van der Waals surface area contributed by atoms with Crippen LogP contribution in [0.1, 0.15) is 37.8 Å². The molecule has 5 heteroatoms. The molecule has 1 amide bonds. The summed E-state index contributed by atoms with van der Waals surface area (Å²) in [6.07, 6.45) is 3.23. The number of aromatic nitrogens is 3. The van der Waals surface area contributed by atoms with Crippen molar-refractivity contribution < 1.29 is 4.79 Å². The van der Waals surface area contributed by atoms with Crippen LogP contribution >= 0.6 is 0 Å². The summed E-state index contributed by atoms with van der Waals surface area (Å²) in [5, 5.41) is 3.00. The molecule has 1 N–H and O–H groups in total. The summed E-state index contributed by atoms with van der Waals surface area (Å²) in [5.41, 5.74) is 2.80. The van der Waals surface area contributed by atoms with E-state index in [4.69, 9.17) is 0 Å². The van der Waals surface area contributed by atoms with Gasteiger partial charge in [-0.05, 0) is 30.7 Å². The zero-order chi connectivity index (χ0) is 16.9. The van der Waals surface area contributed by atoms with Crippen molar-refractivity contribution in [2.24, 2.45) is 0 Å². The predicted molar refractivity (Wildman–Crippen MR) is 94.5 cm³/mol. The van der Waals surface area contributed by atoms with Crippen molar-refractivity contribution in [3.8, 4) is 0 Å². The lowest BCUT2D eigenvalue weighted by Crippen LogP contribution is -2.32. The quantitative estimate of drug-likeness (QED) is 0.758. The average molecular weight is 322 g/mol. The smallest absolute Gasteiger partial charge is 0.243 e. The van der Waals surface area contributed by atoms with Gasteiger partial charge in [0.05, 0.1) is 23.3 Å². The van der Waals surface area contributed by atoms with Crippen LogP contribution in [-0.2, 0) is 17.8 Å². The van der Waals surface area contributed by atoms with Crippen LogP contribution in [-0.4, -0.2) is 20.4 Å². The van der Waals surface area contributed by atoms with Crippen molar-refractivity contribution in [3.63, 3.8) is 0 Å². The minimum Gasteiger partial charge on any atom is -0.349 e. The van der Waals surface area contributed by atoms with Crippen molar-refractivity contribution in [1.82, 2.24) is 19.9 Å². The molecule has 3 rings (SSSR count). The summed E-state index contributed by atoms with van der Waals surface area (Å²) in [7, 11) is 0. The Morgan fingerprint density at radius 3 is 2.67 bits per heavy atom. The molecule has 0 fully saturated rings. The number of hydrogen-bond donors (Lipinski definition) is 1. The Kier molecular flexibility index (Phi) is 4.89. The van der Waals surface area contributed by atoms with Crippen molar-refractivity contribution >= 4 is 16.9 Å². The molecule has 0 unspecified atom stereocenters. The fraction of sp³-hybridized carbons (Fsp3) is 0.316. The van der Waals surface area contributed by atoms with Gasteiger partial charge in [0.2, 0.25) is 5.91 Å². The van der Waals surface area contributed by atoms with Crippen LogP contribution in [0.4, 0.5) is 0 Å². The fourth-order valence-corrected chi connectivity index (χ4v) is 2.97. The number of carbonyl (C=O) groups is 1. The molecule has 2 aromatic heterocycles. The van der Waals surface area contributed by atoms with Gasteiger partial charge in [0.15, 0.2) is 0 Å². The van der Waals surface area contributed by atoms with E-state index in [-0.39, 0.29) is 11.9 Å². The molecule has 0 saturated heterocycles. The minimum absolute atomic E-state index is 0.000932. The summed E-state index contributed by atoms with van der Waals surface area (Å²) < 4.78 is 2.07. The summed E-state index contributed by atoms with van der Waals surface area (Å²) in [6, 6.07) is 13.4. The number of imidazole rings is 1. The molecular formula is C19H22N4O.